The van der Waals surface area contributed by atoms with Gasteiger partial charge in [-0.05, 0) is 24.3 Å². The number of nitrogens with one attached hydrogen (secondary N) is 2. The number of hydrogen-bond donors (Lipinski definition) is 4. The minimum Gasteiger partial charge on any atom is -0.398 e. The van der Waals surface area contributed by atoms with E-state index in [1.807, 2.05) is 38.4 Å². The number of benzene rings is 2. The summed E-state index contributed by atoms with van der Waals surface area (Å²) >= 11 is 0. The van der Waals surface area contributed by atoms with Crippen molar-refractivity contribution >= 4 is 33.5 Å². The second kappa shape index (κ2) is 3.81. The third-order valence-electron chi connectivity index (χ3n) is 2.76. The molecule has 0 unspecified atom stereocenters. The molecule has 2 rings (SSSR count). The van der Waals surface area contributed by atoms with Gasteiger partial charge in [-0.3, -0.25) is 0 Å². The molecule has 0 aliphatic rings. The van der Waals surface area contributed by atoms with Gasteiger partial charge in [0.1, 0.15) is 0 Å². The molecule has 0 bridgehead atoms. The van der Waals surface area contributed by atoms with E-state index in [2.05, 4.69) is 10.6 Å². The van der Waals surface area contributed by atoms with Crippen LogP contribution in [0.5, 0.6) is 0 Å². The number of nitrogens with two attached hydrogens (primary N) is 2. The molecule has 0 saturated carbocycles. The van der Waals surface area contributed by atoms with Crippen LogP contribution in [-0.4, -0.2) is 14.1 Å². The Kier molecular flexibility index (Phi) is 2.48. The van der Waals surface area contributed by atoms with E-state index in [-0.39, 0.29) is 0 Å². The highest BCUT2D eigenvalue weighted by molar-refractivity contribution is 6.13. The van der Waals surface area contributed by atoms with Crippen molar-refractivity contribution in [3.05, 3.63) is 24.3 Å². The Balaban J connectivity index is 2.94. The van der Waals surface area contributed by atoms with Gasteiger partial charge in [0.25, 0.3) is 0 Å². The molecule has 4 nitrogen and oxygen atoms in total. The van der Waals surface area contributed by atoms with Gasteiger partial charge < -0.3 is 22.1 Å². The molecule has 84 valence electrons. The summed E-state index contributed by atoms with van der Waals surface area (Å²) in [6.07, 6.45) is 0. The van der Waals surface area contributed by atoms with Crippen molar-refractivity contribution < 1.29 is 0 Å². The number of hydrogen-bond acceptors (Lipinski definition) is 4. The smallest absolute Gasteiger partial charge is 0.0440 e. The Labute approximate surface area is 94.6 Å². The van der Waals surface area contributed by atoms with Gasteiger partial charge in [0, 0.05) is 47.6 Å². The van der Waals surface area contributed by atoms with E-state index in [1.54, 1.807) is 0 Å². The van der Waals surface area contributed by atoms with Gasteiger partial charge in [-0.2, -0.15) is 0 Å². The van der Waals surface area contributed by atoms with E-state index in [0.29, 0.717) is 0 Å². The van der Waals surface area contributed by atoms with E-state index < -0.39 is 0 Å². The maximum absolute atomic E-state index is 6.00. The molecule has 4 heteroatoms. The van der Waals surface area contributed by atoms with Crippen LogP contribution in [0.2, 0.25) is 0 Å². The zero-order chi connectivity index (χ0) is 11.7. The van der Waals surface area contributed by atoms with E-state index >= 15 is 0 Å². The average Bonchev–Trinajstić information content (AvgIpc) is 2.31. The number of nitrogen functional groups attached to an aromatic ring is 2. The predicted octanol–water partition coefficient (Wildman–Crippen LogP) is 2.09. The number of anilines is 4. The zero-order valence-corrected chi connectivity index (χ0v) is 9.46. The standard InChI is InChI=1S/C12H16N4/c1-15-9-5-3-8(14)12-10(16-2)6-4-7(13)11(9)12/h3-6,15-16H,13-14H2,1-2H3. The summed E-state index contributed by atoms with van der Waals surface area (Å²) in [5.41, 5.74) is 15.4. The molecule has 0 saturated heterocycles. The van der Waals surface area contributed by atoms with Crippen molar-refractivity contribution in [1.29, 1.82) is 0 Å². The lowest BCUT2D eigenvalue weighted by Crippen LogP contribution is -2.00. The molecule has 0 aliphatic heterocycles. The summed E-state index contributed by atoms with van der Waals surface area (Å²) in [6, 6.07) is 7.64. The summed E-state index contributed by atoms with van der Waals surface area (Å²) in [7, 11) is 3.74. The van der Waals surface area contributed by atoms with Crippen LogP contribution in [0.1, 0.15) is 0 Å². The van der Waals surface area contributed by atoms with Gasteiger partial charge in [0.15, 0.2) is 0 Å². The third-order valence-corrected chi connectivity index (χ3v) is 2.76. The van der Waals surface area contributed by atoms with E-state index in [0.717, 1.165) is 33.5 Å². The Morgan fingerprint density at radius 3 is 1.44 bits per heavy atom. The molecule has 0 fully saturated rings. The summed E-state index contributed by atoms with van der Waals surface area (Å²) in [5.74, 6) is 0. The van der Waals surface area contributed by atoms with Crippen molar-refractivity contribution in [3.8, 4) is 0 Å². The number of fused-ring (bicyclic) bond motifs is 1. The molecule has 6 N–H and O–H groups in total. The van der Waals surface area contributed by atoms with E-state index in [9.17, 15) is 0 Å². The highest BCUT2D eigenvalue weighted by Crippen LogP contribution is 2.37. The van der Waals surface area contributed by atoms with Gasteiger partial charge in [0.2, 0.25) is 0 Å². The maximum atomic E-state index is 6.00. The first-order valence-electron chi connectivity index (χ1n) is 5.15. The normalized spacial score (nSPS) is 10.4. The lowest BCUT2D eigenvalue weighted by Gasteiger charge is -2.14. The summed E-state index contributed by atoms with van der Waals surface area (Å²) in [6.45, 7) is 0. The topological polar surface area (TPSA) is 76.1 Å². The van der Waals surface area contributed by atoms with Gasteiger partial charge in [-0.15, -0.1) is 0 Å². The monoisotopic (exact) mass is 216 g/mol. The van der Waals surface area contributed by atoms with Gasteiger partial charge in [-0.25, -0.2) is 0 Å². The highest BCUT2D eigenvalue weighted by Gasteiger charge is 2.10. The molecule has 2 aromatic rings. The first-order valence-corrected chi connectivity index (χ1v) is 5.15. The van der Waals surface area contributed by atoms with Crippen LogP contribution < -0.4 is 22.1 Å². The molecular weight excluding hydrogens is 200 g/mol. The van der Waals surface area contributed by atoms with Crippen LogP contribution in [-0.2, 0) is 0 Å². The molecule has 0 radical (unpaired) electrons. The summed E-state index contributed by atoms with van der Waals surface area (Å²) in [4.78, 5) is 0. The summed E-state index contributed by atoms with van der Waals surface area (Å²) < 4.78 is 0. The SMILES string of the molecule is CNc1ccc(N)c2c(NC)ccc(N)c12. The van der Waals surface area contributed by atoms with Gasteiger partial charge in [-0.1, -0.05) is 0 Å². The minimum atomic E-state index is 0.727. The molecule has 0 heterocycles. The quantitative estimate of drug-likeness (QED) is 0.580. The van der Waals surface area contributed by atoms with Crippen LogP contribution in [0.3, 0.4) is 0 Å². The fourth-order valence-electron chi connectivity index (χ4n) is 1.97. The van der Waals surface area contributed by atoms with Gasteiger partial charge >= 0.3 is 0 Å². The number of rotatable bonds is 2. The van der Waals surface area contributed by atoms with Crippen LogP contribution in [0.15, 0.2) is 24.3 Å². The largest absolute Gasteiger partial charge is 0.398 e. The Morgan fingerprint density at radius 2 is 1.12 bits per heavy atom. The second-order valence-corrected chi connectivity index (χ2v) is 3.65. The fraction of sp³-hybridized carbons (Fsp3) is 0.167. The second-order valence-electron chi connectivity index (χ2n) is 3.65. The van der Waals surface area contributed by atoms with Crippen LogP contribution >= 0.6 is 0 Å². The first-order chi connectivity index (χ1) is 7.69. The highest BCUT2D eigenvalue weighted by atomic mass is 14.8. The van der Waals surface area contributed by atoms with Crippen molar-refractivity contribution in [1.82, 2.24) is 0 Å². The molecule has 0 amide bonds. The first kappa shape index (κ1) is 10.4. The lowest BCUT2D eigenvalue weighted by molar-refractivity contribution is 1.52. The molecule has 0 spiro atoms. The van der Waals surface area contributed by atoms with Gasteiger partial charge in [0.05, 0.1) is 0 Å². The Hall–Kier alpha value is -2.10. The molecule has 2 aromatic carbocycles. The van der Waals surface area contributed by atoms with Crippen molar-refractivity contribution in [2.24, 2.45) is 0 Å². The minimum absolute atomic E-state index is 0.727. The molecule has 0 aliphatic carbocycles. The Morgan fingerprint density at radius 1 is 0.750 bits per heavy atom. The van der Waals surface area contributed by atoms with Crippen LogP contribution in [0.25, 0.3) is 10.8 Å². The lowest BCUT2D eigenvalue weighted by atomic mass is 10.0. The van der Waals surface area contributed by atoms with Crippen LogP contribution in [0, 0.1) is 0 Å². The molecule has 0 atom stereocenters. The zero-order valence-electron chi connectivity index (χ0n) is 9.46. The summed E-state index contributed by atoms with van der Waals surface area (Å²) in [5, 5.41) is 8.19. The maximum Gasteiger partial charge on any atom is 0.0440 e. The molecule has 0 aromatic heterocycles. The van der Waals surface area contributed by atoms with Crippen molar-refractivity contribution in [3.63, 3.8) is 0 Å². The predicted molar refractivity (Wildman–Crippen MR) is 71.9 cm³/mol. The fourth-order valence-corrected chi connectivity index (χ4v) is 1.97. The average molecular weight is 216 g/mol. The van der Waals surface area contributed by atoms with E-state index in [4.69, 9.17) is 11.5 Å². The van der Waals surface area contributed by atoms with Crippen molar-refractivity contribution in [2.45, 2.75) is 0 Å². The Bertz CT molecular complexity index is 485. The molecule has 16 heavy (non-hydrogen) atoms. The van der Waals surface area contributed by atoms with E-state index in [1.165, 1.54) is 0 Å². The van der Waals surface area contributed by atoms with Crippen LogP contribution in [0.4, 0.5) is 22.7 Å². The third kappa shape index (κ3) is 1.39. The van der Waals surface area contributed by atoms with Crippen molar-refractivity contribution in [2.75, 3.05) is 36.2 Å². The molecular formula is C12H16N4.